The number of hydrogen-bond donors (Lipinski definition) is 1. The second-order valence-electron chi connectivity index (χ2n) is 9.70. The van der Waals surface area contributed by atoms with Gasteiger partial charge in [-0.15, -0.1) is 0 Å². The monoisotopic (exact) mass is 517 g/mol. The molecular weight excluding hydrogens is 490 g/mol. The Balaban J connectivity index is 1.57. The molecule has 3 aromatic carbocycles. The standard InChI is InChI=1S/C28H28BrN3O2/c1-28(2,3)18-26(33)30-23-15-11-19(12-16-23)24-17-25(20-7-5-4-6-8-20)32(31-24)27(34)21-9-13-22(29)14-10-21/h4-16,25H,17-18H2,1-3H3,(H,30,33). The fourth-order valence-electron chi connectivity index (χ4n) is 3.96. The zero-order valence-corrected chi connectivity index (χ0v) is 21.2. The number of halogens is 1. The maximum atomic E-state index is 13.4. The van der Waals surface area contributed by atoms with Gasteiger partial charge in [-0.25, -0.2) is 5.01 Å². The van der Waals surface area contributed by atoms with Gasteiger partial charge in [-0.3, -0.25) is 9.59 Å². The van der Waals surface area contributed by atoms with Crippen molar-refractivity contribution in [1.29, 1.82) is 0 Å². The average Bonchev–Trinajstić information content (AvgIpc) is 3.24. The number of anilines is 1. The van der Waals surface area contributed by atoms with E-state index in [1.807, 2.05) is 87.5 Å². The van der Waals surface area contributed by atoms with Crippen molar-refractivity contribution in [2.45, 2.75) is 39.7 Å². The van der Waals surface area contributed by atoms with E-state index in [2.05, 4.69) is 21.2 Å². The Hall–Kier alpha value is -3.25. The molecule has 0 saturated heterocycles. The molecule has 4 rings (SSSR count). The van der Waals surface area contributed by atoms with Gasteiger partial charge in [0.05, 0.1) is 11.8 Å². The highest BCUT2D eigenvalue weighted by Gasteiger charge is 2.33. The molecule has 1 atom stereocenters. The molecule has 1 N–H and O–H groups in total. The SMILES string of the molecule is CC(C)(C)CC(=O)Nc1ccc(C2=NN(C(=O)c3ccc(Br)cc3)C(c3ccccc3)C2)cc1. The molecule has 3 aromatic rings. The number of hydrogen-bond acceptors (Lipinski definition) is 3. The minimum absolute atomic E-state index is 0.00568. The molecule has 1 unspecified atom stereocenters. The van der Waals surface area contributed by atoms with Gasteiger partial charge in [-0.1, -0.05) is 79.2 Å². The maximum Gasteiger partial charge on any atom is 0.274 e. The Labute approximate surface area is 209 Å². The zero-order valence-electron chi connectivity index (χ0n) is 19.6. The molecule has 6 heteroatoms. The molecule has 0 radical (unpaired) electrons. The smallest absolute Gasteiger partial charge is 0.274 e. The fraction of sp³-hybridized carbons (Fsp3) is 0.250. The summed E-state index contributed by atoms with van der Waals surface area (Å²) in [7, 11) is 0. The van der Waals surface area contributed by atoms with Crippen LogP contribution in [0.3, 0.4) is 0 Å². The van der Waals surface area contributed by atoms with Crippen molar-refractivity contribution in [1.82, 2.24) is 5.01 Å². The Morgan fingerprint density at radius 2 is 1.62 bits per heavy atom. The van der Waals surface area contributed by atoms with Gasteiger partial charge in [0, 0.05) is 28.6 Å². The van der Waals surface area contributed by atoms with E-state index < -0.39 is 0 Å². The summed E-state index contributed by atoms with van der Waals surface area (Å²) in [5.41, 5.74) is 4.08. The van der Waals surface area contributed by atoms with Gasteiger partial charge < -0.3 is 5.32 Å². The summed E-state index contributed by atoms with van der Waals surface area (Å²) in [6, 6.07) is 24.8. The lowest BCUT2D eigenvalue weighted by Gasteiger charge is -2.22. The van der Waals surface area contributed by atoms with Crippen LogP contribution in [0.15, 0.2) is 88.4 Å². The van der Waals surface area contributed by atoms with Gasteiger partial charge in [0.25, 0.3) is 5.91 Å². The van der Waals surface area contributed by atoms with Crippen molar-refractivity contribution in [3.05, 3.63) is 100 Å². The molecule has 2 amide bonds. The normalized spacial score (nSPS) is 15.7. The fourth-order valence-corrected chi connectivity index (χ4v) is 4.23. The van der Waals surface area contributed by atoms with Crippen molar-refractivity contribution in [3.8, 4) is 0 Å². The number of nitrogens with one attached hydrogen (secondary N) is 1. The van der Waals surface area contributed by atoms with E-state index in [9.17, 15) is 9.59 Å². The van der Waals surface area contributed by atoms with Gasteiger partial charge in [-0.2, -0.15) is 5.10 Å². The molecule has 0 bridgehead atoms. The van der Waals surface area contributed by atoms with Crippen LogP contribution in [0.1, 0.15) is 61.1 Å². The number of benzene rings is 3. The summed E-state index contributed by atoms with van der Waals surface area (Å²) in [5, 5.41) is 9.30. The molecule has 0 aromatic heterocycles. The highest BCUT2D eigenvalue weighted by molar-refractivity contribution is 9.10. The Morgan fingerprint density at radius 3 is 2.24 bits per heavy atom. The quantitative estimate of drug-likeness (QED) is 0.403. The van der Waals surface area contributed by atoms with Gasteiger partial charge in [0.1, 0.15) is 0 Å². The molecule has 1 aliphatic rings. The predicted octanol–water partition coefficient (Wildman–Crippen LogP) is 6.82. The van der Waals surface area contributed by atoms with Crippen molar-refractivity contribution < 1.29 is 9.59 Å². The molecular formula is C28H28BrN3O2. The summed E-state index contributed by atoms with van der Waals surface area (Å²) in [5.74, 6) is -0.142. The molecule has 0 aliphatic carbocycles. The molecule has 1 aliphatic heterocycles. The summed E-state index contributed by atoms with van der Waals surface area (Å²) in [4.78, 5) is 25.6. The van der Waals surface area contributed by atoms with Gasteiger partial charge in [-0.05, 0) is 52.9 Å². The van der Waals surface area contributed by atoms with Crippen molar-refractivity contribution >= 4 is 39.1 Å². The molecule has 0 spiro atoms. The van der Waals surface area contributed by atoms with E-state index in [1.165, 1.54) is 0 Å². The van der Waals surface area contributed by atoms with Crippen LogP contribution in [0.25, 0.3) is 0 Å². The molecule has 0 fully saturated rings. The second-order valence-corrected chi connectivity index (χ2v) is 10.6. The molecule has 174 valence electrons. The molecule has 1 heterocycles. The van der Waals surface area contributed by atoms with Crippen LogP contribution in [0.2, 0.25) is 0 Å². The predicted molar refractivity (Wildman–Crippen MR) is 140 cm³/mol. The van der Waals surface area contributed by atoms with Crippen LogP contribution in [0, 0.1) is 5.41 Å². The van der Waals surface area contributed by atoms with Gasteiger partial charge in [0.2, 0.25) is 5.91 Å². The largest absolute Gasteiger partial charge is 0.326 e. The summed E-state index contributed by atoms with van der Waals surface area (Å²) >= 11 is 3.42. The maximum absolute atomic E-state index is 13.4. The number of amides is 2. The van der Waals surface area contributed by atoms with Gasteiger partial charge >= 0.3 is 0 Å². The summed E-state index contributed by atoms with van der Waals surface area (Å²) < 4.78 is 0.920. The third kappa shape index (κ3) is 5.81. The highest BCUT2D eigenvalue weighted by Crippen LogP contribution is 2.34. The third-order valence-electron chi connectivity index (χ3n) is 5.59. The number of carbonyl (C=O) groups excluding carboxylic acids is 2. The Bertz CT molecular complexity index is 1200. The molecule has 5 nitrogen and oxygen atoms in total. The van der Waals surface area contributed by atoms with Crippen LogP contribution in [0.4, 0.5) is 5.69 Å². The van der Waals surface area contributed by atoms with Crippen LogP contribution in [-0.2, 0) is 4.79 Å². The van der Waals surface area contributed by atoms with Crippen LogP contribution >= 0.6 is 15.9 Å². The lowest BCUT2D eigenvalue weighted by Crippen LogP contribution is -2.27. The topological polar surface area (TPSA) is 61.8 Å². The van der Waals surface area contributed by atoms with E-state index in [4.69, 9.17) is 5.10 Å². The number of carbonyl (C=O) groups is 2. The van der Waals surface area contributed by atoms with Crippen molar-refractivity contribution in [3.63, 3.8) is 0 Å². The van der Waals surface area contributed by atoms with Crippen LogP contribution in [-0.4, -0.2) is 22.5 Å². The van der Waals surface area contributed by atoms with Crippen LogP contribution in [0.5, 0.6) is 0 Å². The van der Waals surface area contributed by atoms with Crippen LogP contribution < -0.4 is 5.32 Å². The van der Waals surface area contributed by atoms with E-state index >= 15 is 0 Å². The molecule has 34 heavy (non-hydrogen) atoms. The van der Waals surface area contributed by atoms with Crippen molar-refractivity contribution in [2.75, 3.05) is 5.32 Å². The first-order chi connectivity index (χ1) is 16.2. The molecule has 0 saturated carbocycles. The first-order valence-electron chi connectivity index (χ1n) is 11.3. The lowest BCUT2D eigenvalue weighted by molar-refractivity contribution is -0.117. The van der Waals surface area contributed by atoms with E-state index in [0.717, 1.165) is 27.0 Å². The van der Waals surface area contributed by atoms with Crippen molar-refractivity contribution in [2.24, 2.45) is 10.5 Å². The second kappa shape index (κ2) is 9.94. The first kappa shape index (κ1) is 23.9. The minimum Gasteiger partial charge on any atom is -0.326 e. The number of hydrazone groups is 1. The number of rotatable bonds is 5. The highest BCUT2D eigenvalue weighted by atomic mass is 79.9. The van der Waals surface area contributed by atoms with E-state index in [-0.39, 0.29) is 23.3 Å². The van der Waals surface area contributed by atoms with E-state index in [0.29, 0.717) is 18.4 Å². The minimum atomic E-state index is -0.182. The average molecular weight is 518 g/mol. The Morgan fingerprint density at radius 1 is 0.971 bits per heavy atom. The number of nitrogens with zero attached hydrogens (tertiary/aromatic N) is 2. The summed E-state index contributed by atoms with van der Waals surface area (Å²) in [6.07, 6.45) is 1.06. The lowest BCUT2D eigenvalue weighted by atomic mass is 9.92. The van der Waals surface area contributed by atoms with Gasteiger partial charge in [0.15, 0.2) is 0 Å². The van der Waals surface area contributed by atoms with E-state index in [1.54, 1.807) is 17.1 Å². The summed E-state index contributed by atoms with van der Waals surface area (Å²) in [6.45, 7) is 6.12. The first-order valence-corrected chi connectivity index (χ1v) is 12.1. The third-order valence-corrected chi connectivity index (χ3v) is 6.12. The Kier molecular flexibility index (Phi) is 6.98. The zero-order chi connectivity index (χ0) is 24.3.